The highest BCUT2D eigenvalue weighted by Gasteiger charge is 2.23. The van der Waals surface area contributed by atoms with Gasteiger partial charge in [-0.2, -0.15) is 0 Å². The van der Waals surface area contributed by atoms with Gasteiger partial charge >= 0.3 is 0 Å². The fourth-order valence-corrected chi connectivity index (χ4v) is 3.71. The van der Waals surface area contributed by atoms with E-state index in [2.05, 4.69) is 31.8 Å². The molecule has 0 spiro atoms. The van der Waals surface area contributed by atoms with Gasteiger partial charge in [-0.15, -0.1) is 11.3 Å². The van der Waals surface area contributed by atoms with Crippen molar-refractivity contribution in [3.05, 3.63) is 63.9 Å². The highest BCUT2D eigenvalue weighted by Crippen LogP contribution is 2.25. The first-order valence-electron chi connectivity index (χ1n) is 9.01. The molecular formula is C22H19N5OS. The van der Waals surface area contributed by atoms with Gasteiger partial charge in [-0.3, -0.25) is 0 Å². The first kappa shape index (κ1) is 19.0. The third-order valence-electron chi connectivity index (χ3n) is 4.33. The van der Waals surface area contributed by atoms with E-state index in [9.17, 15) is 5.11 Å². The lowest BCUT2D eigenvalue weighted by Crippen LogP contribution is -2.18. The Kier molecular flexibility index (Phi) is 4.74. The predicted molar refractivity (Wildman–Crippen MR) is 115 cm³/mol. The average Bonchev–Trinajstić information content (AvgIpc) is 3.14. The van der Waals surface area contributed by atoms with Crippen molar-refractivity contribution in [2.45, 2.75) is 26.4 Å². The van der Waals surface area contributed by atoms with Crippen LogP contribution in [-0.2, 0) is 5.60 Å². The van der Waals surface area contributed by atoms with E-state index < -0.39 is 5.60 Å². The molecule has 0 radical (unpaired) electrons. The number of aryl methyl sites for hydroxylation is 2. The number of nitrogens with two attached hydrogens (primary N) is 1. The van der Waals surface area contributed by atoms with Gasteiger partial charge in [0.25, 0.3) is 0 Å². The minimum Gasteiger partial charge on any atom is -0.382 e. The summed E-state index contributed by atoms with van der Waals surface area (Å²) < 4.78 is 0. The molecule has 1 atom stereocenters. The van der Waals surface area contributed by atoms with Crippen molar-refractivity contribution in [1.29, 1.82) is 0 Å². The molecule has 0 aliphatic rings. The third-order valence-corrected chi connectivity index (χ3v) is 5.50. The second kappa shape index (κ2) is 7.24. The molecule has 0 aliphatic carbocycles. The van der Waals surface area contributed by atoms with Crippen molar-refractivity contribution >= 4 is 28.2 Å². The van der Waals surface area contributed by atoms with Crippen LogP contribution in [0, 0.1) is 25.7 Å². The lowest BCUT2D eigenvalue weighted by Gasteiger charge is -2.12. The summed E-state index contributed by atoms with van der Waals surface area (Å²) in [6.45, 7) is 5.34. The monoisotopic (exact) mass is 401 g/mol. The summed E-state index contributed by atoms with van der Waals surface area (Å²) >= 11 is 1.40. The molecule has 29 heavy (non-hydrogen) atoms. The molecule has 3 N–H and O–H groups in total. The van der Waals surface area contributed by atoms with Crippen LogP contribution >= 0.6 is 11.3 Å². The normalized spacial score (nSPS) is 13.0. The number of benzene rings is 1. The van der Waals surface area contributed by atoms with E-state index in [4.69, 9.17) is 5.73 Å². The molecule has 3 aromatic heterocycles. The van der Waals surface area contributed by atoms with E-state index in [1.165, 1.54) is 11.3 Å². The van der Waals surface area contributed by atoms with Gasteiger partial charge in [0.1, 0.15) is 16.3 Å². The Balaban J connectivity index is 1.69. The first-order valence-corrected chi connectivity index (χ1v) is 9.89. The zero-order valence-electron chi connectivity index (χ0n) is 16.3. The molecule has 0 saturated heterocycles. The lowest BCUT2D eigenvalue weighted by atomic mass is 10.1. The molecule has 4 aromatic rings. The minimum absolute atomic E-state index is 0.361. The maximum atomic E-state index is 10.7. The van der Waals surface area contributed by atoms with Crippen molar-refractivity contribution in [2.24, 2.45) is 0 Å². The van der Waals surface area contributed by atoms with Gasteiger partial charge in [0.2, 0.25) is 0 Å². The first-order chi connectivity index (χ1) is 13.8. The van der Waals surface area contributed by atoms with Crippen LogP contribution in [0.3, 0.4) is 0 Å². The summed E-state index contributed by atoms with van der Waals surface area (Å²) in [7, 11) is 0. The van der Waals surface area contributed by atoms with Crippen LogP contribution in [0.25, 0.3) is 22.3 Å². The highest BCUT2D eigenvalue weighted by atomic mass is 32.1. The predicted octanol–water partition coefficient (Wildman–Crippen LogP) is 3.61. The third kappa shape index (κ3) is 3.94. The van der Waals surface area contributed by atoms with Gasteiger partial charge in [-0.1, -0.05) is 24.0 Å². The van der Waals surface area contributed by atoms with Crippen LogP contribution in [0.4, 0.5) is 5.82 Å². The Morgan fingerprint density at radius 3 is 2.66 bits per heavy atom. The van der Waals surface area contributed by atoms with E-state index in [-0.39, 0.29) is 0 Å². The minimum atomic E-state index is -1.31. The Morgan fingerprint density at radius 2 is 1.90 bits per heavy atom. The van der Waals surface area contributed by atoms with Crippen molar-refractivity contribution in [1.82, 2.24) is 19.9 Å². The number of nitrogen functional groups attached to an aromatic ring is 1. The van der Waals surface area contributed by atoms with Crippen LogP contribution in [0.1, 0.15) is 29.0 Å². The number of rotatable bonds is 2. The second-order valence-electron chi connectivity index (χ2n) is 6.92. The zero-order valence-corrected chi connectivity index (χ0v) is 17.1. The molecule has 0 unspecified atom stereocenters. The van der Waals surface area contributed by atoms with E-state index in [1.807, 2.05) is 48.7 Å². The van der Waals surface area contributed by atoms with Gasteiger partial charge in [0.15, 0.2) is 11.4 Å². The van der Waals surface area contributed by atoms with E-state index in [0.29, 0.717) is 27.7 Å². The summed E-state index contributed by atoms with van der Waals surface area (Å²) in [6, 6.07) is 11.5. The molecule has 0 saturated carbocycles. The molecule has 1 aromatic carbocycles. The van der Waals surface area contributed by atoms with Crippen molar-refractivity contribution in [3.8, 4) is 23.1 Å². The van der Waals surface area contributed by atoms with Gasteiger partial charge in [-0.05, 0) is 45.0 Å². The summed E-state index contributed by atoms with van der Waals surface area (Å²) in [5.41, 5.74) is 9.28. The number of thiazole rings is 1. The standard InChI is InChI=1S/C22H19N5OS/c1-13-12-29-21(24-13)22(3,28)10-9-15-5-4-6-16(11-15)17-7-8-18-19(27-17)20(23)26-14(2)25-18/h4-8,11-12,28H,1-3H3,(H2,23,25,26)/t22-/m0/s1. The number of hydrogen-bond acceptors (Lipinski definition) is 7. The average molecular weight is 401 g/mol. The van der Waals surface area contributed by atoms with Gasteiger partial charge in [0, 0.05) is 22.2 Å². The molecule has 144 valence electrons. The summed E-state index contributed by atoms with van der Waals surface area (Å²) in [4.78, 5) is 17.5. The van der Waals surface area contributed by atoms with Gasteiger partial charge < -0.3 is 10.8 Å². The largest absolute Gasteiger partial charge is 0.382 e. The number of hydrogen-bond donors (Lipinski definition) is 2. The van der Waals surface area contributed by atoms with Crippen molar-refractivity contribution in [2.75, 3.05) is 5.73 Å². The van der Waals surface area contributed by atoms with Crippen LogP contribution in [0.5, 0.6) is 0 Å². The summed E-state index contributed by atoms with van der Waals surface area (Å²) in [5.74, 6) is 6.95. The van der Waals surface area contributed by atoms with E-state index >= 15 is 0 Å². The van der Waals surface area contributed by atoms with Crippen LogP contribution in [-0.4, -0.2) is 25.0 Å². The summed E-state index contributed by atoms with van der Waals surface area (Å²) in [5, 5.41) is 13.1. The van der Waals surface area contributed by atoms with E-state index in [0.717, 1.165) is 22.5 Å². The quantitative estimate of drug-likeness (QED) is 0.498. The van der Waals surface area contributed by atoms with Crippen LogP contribution in [0.15, 0.2) is 41.8 Å². The molecule has 3 heterocycles. The Bertz CT molecular complexity index is 1280. The molecule has 0 aliphatic heterocycles. The highest BCUT2D eigenvalue weighted by molar-refractivity contribution is 7.09. The molecule has 0 fully saturated rings. The molecule has 6 nitrogen and oxygen atoms in total. The van der Waals surface area contributed by atoms with Crippen molar-refractivity contribution in [3.63, 3.8) is 0 Å². The fraction of sp³-hybridized carbons (Fsp3) is 0.182. The fourth-order valence-electron chi connectivity index (χ4n) is 2.90. The van der Waals surface area contributed by atoms with E-state index in [1.54, 1.807) is 13.8 Å². The summed E-state index contributed by atoms with van der Waals surface area (Å²) in [6.07, 6.45) is 0. The Labute approximate surface area is 172 Å². The lowest BCUT2D eigenvalue weighted by molar-refractivity contribution is 0.121. The number of aliphatic hydroxyl groups is 1. The second-order valence-corrected chi connectivity index (χ2v) is 7.78. The van der Waals surface area contributed by atoms with Gasteiger partial charge in [0.05, 0.1) is 11.2 Å². The van der Waals surface area contributed by atoms with Crippen LogP contribution < -0.4 is 5.73 Å². The van der Waals surface area contributed by atoms with Gasteiger partial charge in [-0.25, -0.2) is 19.9 Å². The number of nitrogens with zero attached hydrogens (tertiary/aromatic N) is 4. The molecule has 0 amide bonds. The smallest absolute Gasteiger partial charge is 0.174 e. The number of fused-ring (bicyclic) bond motifs is 1. The Hall–Kier alpha value is -3.34. The SMILES string of the molecule is Cc1csc([C@@](C)(O)C#Cc2cccc(-c3ccc4nc(C)nc(N)c4n3)c2)n1. The molecule has 4 rings (SSSR count). The molecule has 7 heteroatoms. The van der Waals surface area contributed by atoms with Crippen molar-refractivity contribution < 1.29 is 5.11 Å². The molecule has 0 bridgehead atoms. The zero-order chi connectivity index (χ0) is 20.6. The number of pyridine rings is 1. The number of anilines is 1. The maximum Gasteiger partial charge on any atom is 0.174 e. The molecular weight excluding hydrogens is 382 g/mol. The van der Waals surface area contributed by atoms with Crippen LogP contribution in [0.2, 0.25) is 0 Å². The maximum absolute atomic E-state index is 10.7. The topological polar surface area (TPSA) is 97.8 Å². The Morgan fingerprint density at radius 1 is 1.07 bits per heavy atom. The number of aromatic nitrogens is 4.